The molecule has 4 rings (SSSR count). The Morgan fingerprint density at radius 1 is 1.07 bits per heavy atom. The maximum Gasteiger partial charge on any atom is 0.141 e. The second-order valence-electron chi connectivity index (χ2n) is 7.06. The maximum atomic E-state index is 14.8. The SMILES string of the molecule is Nc1cnc(-c2ccc(-c3ccccc3C(O)NC3CCOCC3)cc2F)cn1. The normalized spacial score (nSPS) is 15.9. The van der Waals surface area contributed by atoms with Gasteiger partial charge in [-0.05, 0) is 36.1 Å². The average molecular weight is 394 g/mol. The van der Waals surface area contributed by atoms with Crippen molar-refractivity contribution in [3.05, 3.63) is 66.2 Å². The van der Waals surface area contributed by atoms with E-state index in [0.717, 1.165) is 18.4 Å². The van der Waals surface area contributed by atoms with Crippen molar-refractivity contribution < 1.29 is 14.2 Å². The number of anilines is 1. The van der Waals surface area contributed by atoms with E-state index < -0.39 is 12.0 Å². The summed E-state index contributed by atoms with van der Waals surface area (Å²) in [6, 6.07) is 12.6. The zero-order valence-corrected chi connectivity index (χ0v) is 15.9. The van der Waals surface area contributed by atoms with Gasteiger partial charge in [0.05, 0.1) is 18.1 Å². The number of nitrogen functional groups attached to an aromatic ring is 1. The average Bonchev–Trinajstić information content (AvgIpc) is 2.75. The van der Waals surface area contributed by atoms with Crippen molar-refractivity contribution in [2.75, 3.05) is 18.9 Å². The van der Waals surface area contributed by atoms with E-state index in [4.69, 9.17) is 10.5 Å². The first-order chi connectivity index (χ1) is 14.1. The van der Waals surface area contributed by atoms with Crippen LogP contribution < -0.4 is 11.1 Å². The number of aliphatic hydroxyl groups excluding tert-OH is 1. The number of hydrogen-bond donors (Lipinski definition) is 3. The second-order valence-corrected chi connectivity index (χ2v) is 7.06. The first-order valence-electron chi connectivity index (χ1n) is 9.60. The molecule has 3 aromatic rings. The Morgan fingerprint density at radius 2 is 1.86 bits per heavy atom. The molecular weight excluding hydrogens is 371 g/mol. The number of ether oxygens (including phenoxy) is 1. The third-order valence-electron chi connectivity index (χ3n) is 5.10. The standard InChI is InChI=1S/C22H23FN4O2/c23-19-11-14(5-6-18(19)20-12-26-21(24)13-25-20)16-3-1-2-4-17(16)22(28)27-15-7-9-29-10-8-15/h1-6,11-13,15,22,27-28H,7-10H2,(H2,24,26). The summed E-state index contributed by atoms with van der Waals surface area (Å²) in [4.78, 5) is 8.10. The number of halogens is 1. The molecule has 6 nitrogen and oxygen atoms in total. The smallest absolute Gasteiger partial charge is 0.141 e. The van der Waals surface area contributed by atoms with Crippen molar-refractivity contribution in [3.63, 3.8) is 0 Å². The predicted octanol–water partition coefficient (Wildman–Crippen LogP) is 3.29. The molecule has 1 saturated heterocycles. The van der Waals surface area contributed by atoms with Gasteiger partial charge in [0.25, 0.3) is 0 Å². The fourth-order valence-electron chi connectivity index (χ4n) is 3.54. The molecular formula is C22H23FN4O2. The highest BCUT2D eigenvalue weighted by Crippen LogP contribution is 2.31. The van der Waals surface area contributed by atoms with E-state index in [1.807, 2.05) is 30.3 Å². The fourth-order valence-corrected chi connectivity index (χ4v) is 3.54. The topological polar surface area (TPSA) is 93.3 Å². The highest BCUT2D eigenvalue weighted by atomic mass is 19.1. The van der Waals surface area contributed by atoms with Gasteiger partial charge in [0.15, 0.2) is 0 Å². The Bertz CT molecular complexity index is 975. The van der Waals surface area contributed by atoms with Gasteiger partial charge in [-0.15, -0.1) is 0 Å². The number of hydrogen-bond acceptors (Lipinski definition) is 6. The van der Waals surface area contributed by atoms with Crippen molar-refractivity contribution in [2.24, 2.45) is 0 Å². The van der Waals surface area contributed by atoms with Crippen molar-refractivity contribution in [2.45, 2.75) is 25.1 Å². The molecule has 0 aliphatic carbocycles. The Labute approximate surface area is 168 Å². The van der Waals surface area contributed by atoms with Gasteiger partial charge in [0, 0.05) is 30.4 Å². The molecule has 2 aromatic carbocycles. The van der Waals surface area contributed by atoms with Gasteiger partial charge in [-0.25, -0.2) is 9.37 Å². The zero-order chi connectivity index (χ0) is 20.2. The summed E-state index contributed by atoms with van der Waals surface area (Å²) in [6.07, 6.45) is 3.70. The van der Waals surface area contributed by atoms with Crippen LogP contribution in [0.1, 0.15) is 24.6 Å². The number of benzene rings is 2. The molecule has 150 valence electrons. The van der Waals surface area contributed by atoms with Crippen LogP contribution in [0.4, 0.5) is 10.2 Å². The number of aromatic nitrogens is 2. The van der Waals surface area contributed by atoms with Crippen LogP contribution in [0.2, 0.25) is 0 Å². The van der Waals surface area contributed by atoms with E-state index in [1.165, 1.54) is 18.5 Å². The van der Waals surface area contributed by atoms with E-state index in [1.54, 1.807) is 6.07 Å². The van der Waals surface area contributed by atoms with Gasteiger partial charge in [0.2, 0.25) is 0 Å². The molecule has 0 radical (unpaired) electrons. The van der Waals surface area contributed by atoms with E-state index in [0.29, 0.717) is 35.6 Å². The number of nitrogens with one attached hydrogen (secondary N) is 1. The molecule has 1 aliphatic rings. The first kappa shape index (κ1) is 19.4. The van der Waals surface area contributed by atoms with Crippen LogP contribution >= 0.6 is 0 Å². The van der Waals surface area contributed by atoms with Crippen LogP contribution in [-0.2, 0) is 4.74 Å². The second kappa shape index (κ2) is 8.65. The highest BCUT2D eigenvalue weighted by molar-refractivity contribution is 5.72. The van der Waals surface area contributed by atoms with E-state index in [2.05, 4.69) is 15.3 Å². The molecule has 0 amide bonds. The van der Waals surface area contributed by atoms with Crippen LogP contribution in [0.3, 0.4) is 0 Å². The molecule has 1 atom stereocenters. The summed E-state index contributed by atoms with van der Waals surface area (Å²) in [5.74, 6) is -0.131. The minimum atomic E-state index is -0.847. The van der Waals surface area contributed by atoms with Crippen molar-refractivity contribution in [3.8, 4) is 22.4 Å². The van der Waals surface area contributed by atoms with Crippen LogP contribution in [0.5, 0.6) is 0 Å². The Morgan fingerprint density at radius 3 is 2.59 bits per heavy atom. The van der Waals surface area contributed by atoms with E-state index in [9.17, 15) is 9.50 Å². The third-order valence-corrected chi connectivity index (χ3v) is 5.10. The van der Waals surface area contributed by atoms with E-state index >= 15 is 0 Å². The molecule has 0 saturated carbocycles. The van der Waals surface area contributed by atoms with Crippen molar-refractivity contribution in [1.29, 1.82) is 0 Å². The van der Waals surface area contributed by atoms with Gasteiger partial charge in [-0.3, -0.25) is 10.3 Å². The summed E-state index contributed by atoms with van der Waals surface area (Å²) in [5, 5.41) is 14.0. The lowest BCUT2D eigenvalue weighted by Gasteiger charge is -2.27. The van der Waals surface area contributed by atoms with Crippen molar-refractivity contribution in [1.82, 2.24) is 15.3 Å². The first-order valence-corrected chi connectivity index (χ1v) is 9.60. The van der Waals surface area contributed by atoms with Crippen LogP contribution in [0.15, 0.2) is 54.9 Å². The molecule has 1 unspecified atom stereocenters. The zero-order valence-electron chi connectivity index (χ0n) is 15.9. The molecule has 1 aliphatic heterocycles. The summed E-state index contributed by atoms with van der Waals surface area (Å²) in [6.45, 7) is 1.37. The number of nitrogens with two attached hydrogens (primary N) is 1. The molecule has 29 heavy (non-hydrogen) atoms. The van der Waals surface area contributed by atoms with Gasteiger partial charge < -0.3 is 15.6 Å². The fraction of sp³-hybridized carbons (Fsp3) is 0.273. The maximum absolute atomic E-state index is 14.8. The number of nitrogens with zero attached hydrogens (tertiary/aromatic N) is 2. The van der Waals surface area contributed by atoms with E-state index in [-0.39, 0.29) is 11.9 Å². The minimum absolute atomic E-state index is 0.190. The quantitative estimate of drug-likeness (QED) is 0.575. The lowest BCUT2D eigenvalue weighted by molar-refractivity contribution is 0.0493. The molecule has 0 bridgehead atoms. The minimum Gasteiger partial charge on any atom is -0.382 e. The summed E-state index contributed by atoms with van der Waals surface area (Å²) in [7, 11) is 0. The van der Waals surface area contributed by atoms with Crippen LogP contribution in [0, 0.1) is 5.82 Å². The van der Waals surface area contributed by atoms with Gasteiger partial charge in [-0.2, -0.15) is 0 Å². The van der Waals surface area contributed by atoms with Gasteiger partial charge in [-0.1, -0.05) is 30.3 Å². The predicted molar refractivity (Wildman–Crippen MR) is 109 cm³/mol. The van der Waals surface area contributed by atoms with Gasteiger partial charge in [0.1, 0.15) is 17.9 Å². The number of aliphatic hydroxyl groups is 1. The number of rotatable bonds is 5. The lowest BCUT2D eigenvalue weighted by atomic mass is 9.96. The Balaban J connectivity index is 1.61. The Hall–Kier alpha value is -2.87. The molecule has 1 fully saturated rings. The van der Waals surface area contributed by atoms with Crippen LogP contribution in [-0.4, -0.2) is 34.3 Å². The molecule has 4 N–H and O–H groups in total. The molecule has 2 heterocycles. The summed E-state index contributed by atoms with van der Waals surface area (Å²) >= 11 is 0. The molecule has 7 heteroatoms. The van der Waals surface area contributed by atoms with Crippen LogP contribution in [0.25, 0.3) is 22.4 Å². The highest BCUT2D eigenvalue weighted by Gasteiger charge is 2.20. The summed E-state index contributed by atoms with van der Waals surface area (Å²) < 4.78 is 20.2. The largest absolute Gasteiger partial charge is 0.382 e. The third kappa shape index (κ3) is 4.42. The molecule has 1 aromatic heterocycles. The molecule has 0 spiro atoms. The Kier molecular flexibility index (Phi) is 5.80. The van der Waals surface area contributed by atoms with Gasteiger partial charge >= 0.3 is 0 Å². The van der Waals surface area contributed by atoms with Crippen molar-refractivity contribution >= 4 is 5.82 Å². The monoisotopic (exact) mass is 394 g/mol. The lowest BCUT2D eigenvalue weighted by Crippen LogP contribution is -2.37. The summed E-state index contributed by atoms with van der Waals surface area (Å²) in [5.41, 5.74) is 8.47.